The van der Waals surface area contributed by atoms with Crippen molar-refractivity contribution in [3.63, 3.8) is 0 Å². The summed E-state index contributed by atoms with van der Waals surface area (Å²) in [6.45, 7) is 5.36. The SMILES string of the molecule is [CH]CCCc1ccncc1. The van der Waals surface area contributed by atoms with E-state index in [0.29, 0.717) is 0 Å². The molecule has 0 atom stereocenters. The maximum Gasteiger partial charge on any atom is 0.0270 e. The minimum atomic E-state index is 0.766. The van der Waals surface area contributed by atoms with Gasteiger partial charge in [0, 0.05) is 12.4 Å². The molecule has 0 aliphatic heterocycles. The Morgan fingerprint density at radius 3 is 2.60 bits per heavy atom. The minimum absolute atomic E-state index is 0.766. The summed E-state index contributed by atoms with van der Waals surface area (Å²) in [7, 11) is 0. The molecular formula is C9H11N. The van der Waals surface area contributed by atoms with Gasteiger partial charge in [-0.1, -0.05) is 0 Å². The maximum atomic E-state index is 5.36. The quantitative estimate of drug-likeness (QED) is 0.615. The first-order chi connectivity index (χ1) is 4.93. The van der Waals surface area contributed by atoms with Crippen LogP contribution >= 0.6 is 0 Å². The van der Waals surface area contributed by atoms with Crippen LogP contribution in [0, 0.1) is 6.92 Å². The number of unbranched alkanes of at least 4 members (excludes halogenated alkanes) is 1. The second-order valence-electron chi connectivity index (χ2n) is 2.25. The fraction of sp³-hybridized carbons (Fsp3) is 0.333. The van der Waals surface area contributed by atoms with E-state index in [0.717, 1.165) is 19.3 Å². The van der Waals surface area contributed by atoms with Crippen LogP contribution in [0.15, 0.2) is 24.5 Å². The summed E-state index contributed by atoms with van der Waals surface area (Å²) in [5.41, 5.74) is 1.32. The van der Waals surface area contributed by atoms with Crippen molar-refractivity contribution in [1.29, 1.82) is 0 Å². The Morgan fingerprint density at radius 2 is 2.00 bits per heavy atom. The summed E-state index contributed by atoms with van der Waals surface area (Å²) in [5, 5.41) is 0. The van der Waals surface area contributed by atoms with Crippen molar-refractivity contribution < 1.29 is 0 Å². The third-order valence-corrected chi connectivity index (χ3v) is 1.42. The fourth-order valence-electron chi connectivity index (χ4n) is 0.856. The molecule has 2 radical (unpaired) electrons. The maximum absolute atomic E-state index is 5.36. The van der Waals surface area contributed by atoms with Gasteiger partial charge in [-0.3, -0.25) is 4.98 Å². The van der Waals surface area contributed by atoms with E-state index in [1.54, 1.807) is 0 Å². The molecule has 1 heteroatoms. The van der Waals surface area contributed by atoms with Gasteiger partial charge in [-0.15, -0.1) is 0 Å². The Labute approximate surface area is 62.1 Å². The topological polar surface area (TPSA) is 12.9 Å². The molecule has 0 saturated heterocycles. The monoisotopic (exact) mass is 133 g/mol. The van der Waals surface area contributed by atoms with Crippen LogP contribution in [-0.4, -0.2) is 4.98 Å². The van der Waals surface area contributed by atoms with E-state index >= 15 is 0 Å². The van der Waals surface area contributed by atoms with Gasteiger partial charge in [0.15, 0.2) is 0 Å². The average molecular weight is 133 g/mol. The van der Waals surface area contributed by atoms with Crippen LogP contribution < -0.4 is 0 Å². The van der Waals surface area contributed by atoms with Crippen molar-refractivity contribution in [1.82, 2.24) is 4.98 Å². The molecule has 1 aromatic rings. The lowest BCUT2D eigenvalue weighted by atomic mass is 10.1. The third kappa shape index (κ3) is 2.18. The molecule has 1 rings (SSSR count). The fourth-order valence-corrected chi connectivity index (χ4v) is 0.856. The van der Waals surface area contributed by atoms with E-state index in [-0.39, 0.29) is 0 Å². The van der Waals surface area contributed by atoms with Gasteiger partial charge in [0.1, 0.15) is 0 Å². The number of nitrogens with zero attached hydrogens (tertiary/aromatic N) is 1. The van der Waals surface area contributed by atoms with E-state index in [2.05, 4.69) is 4.98 Å². The number of rotatable bonds is 3. The first-order valence-electron chi connectivity index (χ1n) is 3.52. The summed E-state index contributed by atoms with van der Waals surface area (Å²) < 4.78 is 0. The van der Waals surface area contributed by atoms with Crippen LogP contribution in [-0.2, 0) is 6.42 Å². The first-order valence-corrected chi connectivity index (χ1v) is 3.52. The van der Waals surface area contributed by atoms with Gasteiger partial charge < -0.3 is 0 Å². The highest BCUT2D eigenvalue weighted by Gasteiger charge is 1.88. The molecule has 0 aromatic carbocycles. The van der Waals surface area contributed by atoms with Crippen molar-refractivity contribution in [2.75, 3.05) is 0 Å². The largest absolute Gasteiger partial charge is 0.265 e. The molecular weight excluding hydrogens is 122 g/mol. The number of aromatic nitrogens is 1. The zero-order valence-electron chi connectivity index (χ0n) is 5.96. The first kappa shape index (κ1) is 7.26. The molecule has 0 fully saturated rings. The van der Waals surface area contributed by atoms with Crippen molar-refractivity contribution in [2.45, 2.75) is 19.3 Å². The van der Waals surface area contributed by atoms with Crippen molar-refractivity contribution in [3.05, 3.63) is 37.0 Å². The van der Waals surface area contributed by atoms with Gasteiger partial charge >= 0.3 is 0 Å². The van der Waals surface area contributed by atoms with E-state index in [1.165, 1.54) is 5.56 Å². The molecule has 1 heterocycles. The van der Waals surface area contributed by atoms with Crippen LogP contribution in [0.4, 0.5) is 0 Å². The molecule has 0 unspecified atom stereocenters. The summed E-state index contributed by atoms with van der Waals surface area (Å²) >= 11 is 0. The van der Waals surface area contributed by atoms with Gasteiger partial charge in [-0.05, 0) is 43.9 Å². The van der Waals surface area contributed by atoms with Crippen molar-refractivity contribution >= 4 is 0 Å². The van der Waals surface area contributed by atoms with E-state index in [4.69, 9.17) is 6.92 Å². The number of aryl methyl sites for hydroxylation is 1. The Hall–Kier alpha value is -0.850. The molecule has 0 amide bonds. The predicted octanol–water partition coefficient (Wildman–Crippen LogP) is 2.12. The molecule has 10 heavy (non-hydrogen) atoms. The molecule has 0 aliphatic rings. The van der Waals surface area contributed by atoms with Gasteiger partial charge in [-0.2, -0.15) is 0 Å². The van der Waals surface area contributed by atoms with E-state index < -0.39 is 0 Å². The summed E-state index contributed by atoms with van der Waals surface area (Å²) in [5.74, 6) is 0. The van der Waals surface area contributed by atoms with Crippen LogP contribution in [0.1, 0.15) is 18.4 Å². The standard InChI is InChI=1S/C9H11N/c1-2-3-4-9-5-7-10-8-6-9/h1,5-8H,2-4H2. The van der Waals surface area contributed by atoms with Crippen molar-refractivity contribution in [2.24, 2.45) is 0 Å². The molecule has 1 aromatic heterocycles. The van der Waals surface area contributed by atoms with Gasteiger partial charge in [0.2, 0.25) is 0 Å². The van der Waals surface area contributed by atoms with Crippen LogP contribution in [0.25, 0.3) is 0 Å². The molecule has 52 valence electrons. The average Bonchev–Trinajstić information content (AvgIpc) is 2.03. The Kier molecular flexibility index (Phi) is 2.94. The normalized spacial score (nSPS) is 9.70. The Balaban J connectivity index is 2.43. The zero-order chi connectivity index (χ0) is 7.23. The molecule has 1 nitrogen and oxygen atoms in total. The summed E-state index contributed by atoms with van der Waals surface area (Å²) in [6.07, 6.45) is 6.52. The Bertz CT molecular complexity index is 169. The molecule has 0 bridgehead atoms. The molecule has 0 N–H and O–H groups in total. The van der Waals surface area contributed by atoms with Crippen LogP contribution in [0.2, 0.25) is 0 Å². The Morgan fingerprint density at radius 1 is 1.30 bits per heavy atom. The van der Waals surface area contributed by atoms with E-state index in [9.17, 15) is 0 Å². The molecule has 0 saturated carbocycles. The van der Waals surface area contributed by atoms with Crippen molar-refractivity contribution in [3.8, 4) is 0 Å². The highest BCUT2D eigenvalue weighted by Crippen LogP contribution is 2.01. The second-order valence-corrected chi connectivity index (χ2v) is 2.25. The smallest absolute Gasteiger partial charge is 0.0270 e. The summed E-state index contributed by atoms with van der Waals surface area (Å²) in [6, 6.07) is 4.05. The van der Waals surface area contributed by atoms with Gasteiger partial charge in [0.25, 0.3) is 0 Å². The second kappa shape index (κ2) is 4.04. The van der Waals surface area contributed by atoms with Gasteiger partial charge in [0.05, 0.1) is 0 Å². The molecule has 0 aliphatic carbocycles. The molecule has 0 spiro atoms. The van der Waals surface area contributed by atoms with E-state index in [1.807, 2.05) is 24.5 Å². The third-order valence-electron chi connectivity index (χ3n) is 1.42. The number of hydrogen-bond donors (Lipinski definition) is 0. The number of pyridine rings is 1. The zero-order valence-corrected chi connectivity index (χ0v) is 5.96. The predicted molar refractivity (Wildman–Crippen MR) is 41.5 cm³/mol. The minimum Gasteiger partial charge on any atom is -0.265 e. The number of hydrogen-bond acceptors (Lipinski definition) is 1. The highest BCUT2D eigenvalue weighted by atomic mass is 14.6. The van der Waals surface area contributed by atoms with Crippen LogP contribution in [0.3, 0.4) is 0 Å². The summed E-state index contributed by atoms with van der Waals surface area (Å²) in [4.78, 5) is 3.92. The lowest BCUT2D eigenvalue weighted by Gasteiger charge is -1.95. The van der Waals surface area contributed by atoms with Gasteiger partial charge in [-0.25, -0.2) is 0 Å². The van der Waals surface area contributed by atoms with Crippen LogP contribution in [0.5, 0.6) is 0 Å². The lowest BCUT2D eigenvalue weighted by Crippen LogP contribution is -1.83. The highest BCUT2D eigenvalue weighted by molar-refractivity contribution is 5.09. The lowest BCUT2D eigenvalue weighted by molar-refractivity contribution is 0.839.